The molecule has 0 radical (unpaired) electrons. The molecule has 2 saturated heterocycles. The number of nitrogens with one attached hydrogen (secondary N) is 1. The normalized spacial score (nSPS) is 21.7. The summed E-state index contributed by atoms with van der Waals surface area (Å²) in [5, 5.41) is 3.15. The summed E-state index contributed by atoms with van der Waals surface area (Å²) in [6, 6.07) is 21.6. The van der Waals surface area contributed by atoms with Crippen LogP contribution in [0.2, 0.25) is 0 Å². The summed E-state index contributed by atoms with van der Waals surface area (Å²) in [6.45, 7) is 6.06. The van der Waals surface area contributed by atoms with Crippen LogP contribution >= 0.6 is 0 Å². The molecule has 2 aromatic rings. The third-order valence-electron chi connectivity index (χ3n) is 6.46. The highest BCUT2D eigenvalue weighted by Crippen LogP contribution is 2.24. The first-order valence-corrected chi connectivity index (χ1v) is 11.1. The zero-order valence-electron chi connectivity index (χ0n) is 17.3. The van der Waals surface area contributed by atoms with Crippen LogP contribution in [-0.4, -0.2) is 47.9 Å². The van der Waals surface area contributed by atoms with Crippen molar-refractivity contribution in [1.82, 2.24) is 15.1 Å². The number of piperidine rings is 2. The highest BCUT2D eigenvalue weighted by molar-refractivity contribution is 5.79. The van der Waals surface area contributed by atoms with E-state index >= 15 is 0 Å². The zero-order valence-corrected chi connectivity index (χ0v) is 17.3. The van der Waals surface area contributed by atoms with Gasteiger partial charge in [0, 0.05) is 25.7 Å². The standard InChI is InChI=1S/C25H33N3O/c29-25(26-18-21-8-3-1-4-9-21)23-12-7-15-28(20-23)24-13-16-27(17-14-24)19-22-10-5-2-6-11-22/h1-6,8-11,23-24H,7,12-20H2,(H,26,29)/t23-/m0/s1. The van der Waals surface area contributed by atoms with E-state index in [9.17, 15) is 4.79 Å². The lowest BCUT2D eigenvalue weighted by atomic mass is 9.93. The van der Waals surface area contributed by atoms with E-state index in [4.69, 9.17) is 0 Å². The summed E-state index contributed by atoms with van der Waals surface area (Å²) < 4.78 is 0. The van der Waals surface area contributed by atoms with Gasteiger partial charge in [-0.05, 0) is 56.4 Å². The molecule has 0 bridgehead atoms. The van der Waals surface area contributed by atoms with Gasteiger partial charge in [0.1, 0.15) is 0 Å². The first-order valence-electron chi connectivity index (χ1n) is 11.1. The molecule has 0 aliphatic carbocycles. The monoisotopic (exact) mass is 391 g/mol. The number of benzene rings is 2. The van der Waals surface area contributed by atoms with Crippen LogP contribution in [0.1, 0.15) is 36.8 Å². The number of carbonyl (C=O) groups excluding carboxylic acids is 1. The fourth-order valence-electron chi connectivity index (χ4n) is 4.77. The topological polar surface area (TPSA) is 35.6 Å². The van der Waals surface area contributed by atoms with Gasteiger partial charge in [0.2, 0.25) is 5.91 Å². The van der Waals surface area contributed by atoms with Gasteiger partial charge in [-0.1, -0.05) is 60.7 Å². The minimum absolute atomic E-state index is 0.134. The average molecular weight is 392 g/mol. The Labute approximate surface area is 174 Å². The lowest BCUT2D eigenvalue weighted by Crippen LogP contribution is -2.50. The second-order valence-electron chi connectivity index (χ2n) is 8.53. The molecule has 0 spiro atoms. The van der Waals surface area contributed by atoms with E-state index < -0.39 is 0 Å². The second kappa shape index (κ2) is 10.0. The van der Waals surface area contributed by atoms with E-state index in [0.717, 1.165) is 45.6 Å². The smallest absolute Gasteiger partial charge is 0.224 e. The number of likely N-dealkylation sites (tertiary alicyclic amines) is 2. The van der Waals surface area contributed by atoms with Gasteiger partial charge in [-0.25, -0.2) is 0 Å². The molecule has 29 heavy (non-hydrogen) atoms. The van der Waals surface area contributed by atoms with Crippen molar-refractivity contribution in [2.75, 3.05) is 26.2 Å². The minimum Gasteiger partial charge on any atom is -0.352 e. The Balaban J connectivity index is 1.23. The number of hydrogen-bond donors (Lipinski definition) is 1. The molecule has 0 saturated carbocycles. The van der Waals surface area contributed by atoms with Gasteiger partial charge in [0.05, 0.1) is 5.92 Å². The van der Waals surface area contributed by atoms with Gasteiger partial charge >= 0.3 is 0 Å². The summed E-state index contributed by atoms with van der Waals surface area (Å²) in [5.74, 6) is 0.356. The van der Waals surface area contributed by atoms with Crippen LogP contribution in [0, 0.1) is 5.92 Å². The molecular weight excluding hydrogens is 358 g/mol. The van der Waals surface area contributed by atoms with Crippen LogP contribution < -0.4 is 5.32 Å². The third-order valence-corrected chi connectivity index (χ3v) is 6.46. The molecule has 2 aromatic carbocycles. The van der Waals surface area contributed by atoms with Crippen LogP contribution in [0.3, 0.4) is 0 Å². The molecule has 0 aromatic heterocycles. The SMILES string of the molecule is O=C(NCc1ccccc1)[C@H]1CCCN(C2CCN(Cc3ccccc3)CC2)C1. The van der Waals surface area contributed by atoms with E-state index in [-0.39, 0.29) is 11.8 Å². The Morgan fingerprint density at radius 2 is 1.52 bits per heavy atom. The molecular formula is C25H33N3O. The van der Waals surface area contributed by atoms with Crippen molar-refractivity contribution in [3.8, 4) is 0 Å². The number of amides is 1. The molecule has 1 atom stereocenters. The number of rotatable bonds is 6. The van der Waals surface area contributed by atoms with Crippen LogP contribution in [0.4, 0.5) is 0 Å². The van der Waals surface area contributed by atoms with Gasteiger partial charge in [-0.15, -0.1) is 0 Å². The maximum Gasteiger partial charge on any atom is 0.224 e. The molecule has 1 N–H and O–H groups in total. The molecule has 2 fully saturated rings. The summed E-state index contributed by atoms with van der Waals surface area (Å²) in [5.41, 5.74) is 2.57. The van der Waals surface area contributed by atoms with Crippen molar-refractivity contribution in [2.24, 2.45) is 5.92 Å². The number of hydrogen-bond acceptors (Lipinski definition) is 3. The molecule has 2 aliphatic heterocycles. The quantitative estimate of drug-likeness (QED) is 0.816. The van der Waals surface area contributed by atoms with Gasteiger partial charge in [-0.3, -0.25) is 14.6 Å². The molecule has 0 unspecified atom stereocenters. The third kappa shape index (κ3) is 5.68. The molecule has 2 heterocycles. The van der Waals surface area contributed by atoms with Crippen molar-refractivity contribution in [2.45, 2.75) is 44.8 Å². The maximum absolute atomic E-state index is 12.7. The fraction of sp³-hybridized carbons (Fsp3) is 0.480. The Morgan fingerprint density at radius 3 is 2.21 bits per heavy atom. The summed E-state index contributed by atoms with van der Waals surface area (Å²) in [7, 11) is 0. The first-order chi connectivity index (χ1) is 14.3. The van der Waals surface area contributed by atoms with Crippen molar-refractivity contribution in [3.63, 3.8) is 0 Å². The van der Waals surface area contributed by atoms with Crippen LogP contribution in [0.5, 0.6) is 0 Å². The van der Waals surface area contributed by atoms with Gasteiger partial charge in [0.25, 0.3) is 0 Å². The predicted molar refractivity (Wildman–Crippen MR) is 117 cm³/mol. The number of carbonyl (C=O) groups is 1. The number of nitrogens with zero attached hydrogens (tertiary/aromatic N) is 2. The molecule has 4 heteroatoms. The molecule has 2 aliphatic rings. The lowest BCUT2D eigenvalue weighted by molar-refractivity contribution is -0.127. The van der Waals surface area contributed by atoms with Crippen molar-refractivity contribution in [1.29, 1.82) is 0 Å². The predicted octanol–water partition coefficient (Wildman–Crippen LogP) is 3.68. The van der Waals surface area contributed by atoms with Crippen LogP contribution in [0.25, 0.3) is 0 Å². The maximum atomic E-state index is 12.7. The summed E-state index contributed by atoms with van der Waals surface area (Å²) in [6.07, 6.45) is 4.58. The Hall–Kier alpha value is -2.17. The van der Waals surface area contributed by atoms with Crippen molar-refractivity contribution < 1.29 is 4.79 Å². The Morgan fingerprint density at radius 1 is 0.862 bits per heavy atom. The highest BCUT2D eigenvalue weighted by Gasteiger charge is 2.31. The minimum atomic E-state index is 0.134. The Bertz CT molecular complexity index is 756. The molecule has 4 rings (SSSR count). The highest BCUT2D eigenvalue weighted by atomic mass is 16.1. The van der Waals surface area contributed by atoms with Crippen molar-refractivity contribution >= 4 is 5.91 Å². The van der Waals surface area contributed by atoms with E-state index in [1.165, 1.54) is 24.0 Å². The van der Waals surface area contributed by atoms with Crippen LogP contribution in [0.15, 0.2) is 60.7 Å². The summed E-state index contributed by atoms with van der Waals surface area (Å²) in [4.78, 5) is 17.9. The van der Waals surface area contributed by atoms with Gasteiger partial charge < -0.3 is 5.32 Å². The van der Waals surface area contributed by atoms with E-state index in [2.05, 4.69) is 57.6 Å². The van der Waals surface area contributed by atoms with E-state index in [1.807, 2.05) is 18.2 Å². The van der Waals surface area contributed by atoms with E-state index in [0.29, 0.717) is 12.6 Å². The van der Waals surface area contributed by atoms with Gasteiger partial charge in [0.15, 0.2) is 0 Å². The molecule has 154 valence electrons. The molecule has 1 amide bonds. The average Bonchev–Trinajstić information content (AvgIpc) is 2.79. The van der Waals surface area contributed by atoms with Crippen molar-refractivity contribution in [3.05, 3.63) is 71.8 Å². The molecule has 4 nitrogen and oxygen atoms in total. The largest absolute Gasteiger partial charge is 0.352 e. The lowest BCUT2D eigenvalue weighted by Gasteiger charge is -2.42. The van der Waals surface area contributed by atoms with Crippen LogP contribution in [-0.2, 0) is 17.9 Å². The van der Waals surface area contributed by atoms with E-state index in [1.54, 1.807) is 0 Å². The first kappa shape index (κ1) is 20.1. The zero-order chi connectivity index (χ0) is 19.9. The Kier molecular flexibility index (Phi) is 6.96. The summed E-state index contributed by atoms with van der Waals surface area (Å²) >= 11 is 0. The second-order valence-corrected chi connectivity index (χ2v) is 8.53. The van der Waals surface area contributed by atoms with Gasteiger partial charge in [-0.2, -0.15) is 0 Å². The fourth-order valence-corrected chi connectivity index (χ4v) is 4.77.